The summed E-state index contributed by atoms with van der Waals surface area (Å²) in [6, 6.07) is 12.5. The molecule has 1 aromatic heterocycles. The Labute approximate surface area is 182 Å². The van der Waals surface area contributed by atoms with Gasteiger partial charge in [0.1, 0.15) is 9.88 Å². The van der Waals surface area contributed by atoms with E-state index < -0.39 is 29.4 Å². The molecule has 0 saturated heterocycles. The molecule has 11 heteroatoms. The molecule has 0 aliphatic carbocycles. The lowest BCUT2D eigenvalue weighted by Crippen LogP contribution is -2.28. The maximum Gasteiger partial charge on any atom is 0.491 e. The van der Waals surface area contributed by atoms with Crippen molar-refractivity contribution in [2.24, 2.45) is 0 Å². The Balaban J connectivity index is 2.06. The zero-order chi connectivity index (χ0) is 22.1. The molecule has 0 fully saturated rings. The van der Waals surface area contributed by atoms with Crippen LogP contribution in [0.1, 0.15) is 15.2 Å². The monoisotopic (exact) mass is 474 g/mol. The number of nitrogens with one attached hydrogen (secondary N) is 1. The Morgan fingerprint density at radius 3 is 2.33 bits per heavy atom. The van der Waals surface area contributed by atoms with Gasteiger partial charge in [-0.1, -0.05) is 41.4 Å². The van der Waals surface area contributed by atoms with Gasteiger partial charge < -0.3 is 15.8 Å². The zero-order valence-electron chi connectivity index (χ0n) is 14.7. The molecular formula is C19H11Cl2F3N2O3S. The fourth-order valence-corrected chi connectivity index (χ4v) is 3.90. The molecule has 5 nitrogen and oxygen atoms in total. The summed E-state index contributed by atoms with van der Waals surface area (Å²) < 4.78 is 42.6. The number of nitrogen functional groups attached to an aromatic ring is 1. The number of alkyl halides is 3. The minimum atomic E-state index is -5.25. The van der Waals surface area contributed by atoms with Crippen LogP contribution in [0.2, 0.25) is 10.0 Å². The molecule has 156 valence electrons. The van der Waals surface area contributed by atoms with Gasteiger partial charge in [-0.2, -0.15) is 13.2 Å². The third-order valence-corrected chi connectivity index (χ3v) is 5.39. The third kappa shape index (κ3) is 4.69. The summed E-state index contributed by atoms with van der Waals surface area (Å²) in [4.78, 5) is 24.1. The number of halogens is 5. The van der Waals surface area contributed by atoms with Crippen molar-refractivity contribution in [2.75, 3.05) is 11.1 Å². The van der Waals surface area contributed by atoms with Crippen molar-refractivity contribution < 1.29 is 27.5 Å². The van der Waals surface area contributed by atoms with Gasteiger partial charge in [-0.05, 0) is 30.3 Å². The predicted octanol–water partition coefficient (Wildman–Crippen LogP) is 6.08. The van der Waals surface area contributed by atoms with Crippen molar-refractivity contribution in [3.8, 4) is 5.75 Å². The van der Waals surface area contributed by atoms with Crippen LogP contribution < -0.4 is 15.8 Å². The molecule has 1 heterocycles. The minimum Gasteiger partial charge on any atom is -0.414 e. The lowest BCUT2D eigenvalue weighted by atomic mass is 10.1. The largest absolute Gasteiger partial charge is 0.491 e. The fraction of sp³-hybridized carbons (Fsp3) is 0.0526. The molecule has 0 saturated carbocycles. The maximum atomic E-state index is 12.9. The van der Waals surface area contributed by atoms with Crippen molar-refractivity contribution in [3.05, 3.63) is 69.0 Å². The fourth-order valence-electron chi connectivity index (χ4n) is 2.38. The van der Waals surface area contributed by atoms with Crippen molar-refractivity contribution in [1.29, 1.82) is 0 Å². The molecule has 3 rings (SSSR count). The van der Waals surface area contributed by atoms with E-state index in [1.807, 2.05) is 0 Å². The molecule has 3 aromatic rings. The first-order valence-electron chi connectivity index (χ1n) is 8.11. The zero-order valence-corrected chi connectivity index (χ0v) is 17.0. The SMILES string of the molecule is Nc1c(C(=O)c2ccc(Cl)cc2Cl)sc(Nc2ccccc2)c1OC(=O)C(F)(F)F. The van der Waals surface area contributed by atoms with E-state index in [4.69, 9.17) is 28.9 Å². The first kappa shape index (κ1) is 21.9. The number of thiophene rings is 1. The Bertz CT molecular complexity index is 1120. The highest BCUT2D eigenvalue weighted by Gasteiger charge is 2.42. The highest BCUT2D eigenvalue weighted by molar-refractivity contribution is 7.19. The second-order valence-electron chi connectivity index (χ2n) is 5.83. The van der Waals surface area contributed by atoms with E-state index in [-0.39, 0.29) is 20.5 Å². The van der Waals surface area contributed by atoms with Crippen LogP contribution in [-0.2, 0) is 4.79 Å². The number of ketones is 1. The Hall–Kier alpha value is -2.75. The van der Waals surface area contributed by atoms with Gasteiger partial charge in [-0.15, -0.1) is 11.3 Å². The number of nitrogens with two attached hydrogens (primary N) is 1. The molecule has 0 aliphatic heterocycles. The average molecular weight is 475 g/mol. The van der Waals surface area contributed by atoms with Crippen LogP contribution in [0.3, 0.4) is 0 Å². The van der Waals surface area contributed by atoms with Gasteiger partial charge in [-0.3, -0.25) is 4.79 Å². The van der Waals surface area contributed by atoms with Crippen LogP contribution in [0.4, 0.5) is 29.5 Å². The molecule has 0 amide bonds. The van der Waals surface area contributed by atoms with Crippen LogP contribution in [0, 0.1) is 0 Å². The van der Waals surface area contributed by atoms with E-state index in [0.29, 0.717) is 10.7 Å². The average Bonchev–Trinajstić information content (AvgIpc) is 2.97. The smallest absolute Gasteiger partial charge is 0.414 e. The van der Waals surface area contributed by atoms with E-state index in [2.05, 4.69) is 10.1 Å². The molecule has 0 unspecified atom stereocenters. The number of ether oxygens (including phenoxy) is 1. The number of benzene rings is 2. The number of hydrogen-bond donors (Lipinski definition) is 2. The Kier molecular flexibility index (Phi) is 6.25. The predicted molar refractivity (Wildman–Crippen MR) is 110 cm³/mol. The summed E-state index contributed by atoms with van der Waals surface area (Å²) in [5.74, 6) is -3.73. The molecule has 0 bridgehead atoms. The van der Waals surface area contributed by atoms with Crippen molar-refractivity contribution in [1.82, 2.24) is 0 Å². The van der Waals surface area contributed by atoms with Gasteiger partial charge in [0.25, 0.3) is 0 Å². The van der Waals surface area contributed by atoms with Gasteiger partial charge in [-0.25, -0.2) is 4.79 Å². The summed E-state index contributed by atoms with van der Waals surface area (Å²) >= 11 is 12.6. The topological polar surface area (TPSA) is 81.4 Å². The molecule has 0 aliphatic rings. The summed E-state index contributed by atoms with van der Waals surface area (Å²) in [5, 5.41) is 3.08. The minimum absolute atomic E-state index is 0.0340. The van der Waals surface area contributed by atoms with Gasteiger partial charge >= 0.3 is 12.1 Å². The second kappa shape index (κ2) is 8.55. The van der Waals surface area contributed by atoms with Crippen molar-refractivity contribution >= 4 is 62.7 Å². The normalized spacial score (nSPS) is 11.2. The van der Waals surface area contributed by atoms with Crippen LogP contribution >= 0.6 is 34.5 Å². The summed E-state index contributed by atoms with van der Waals surface area (Å²) in [5.41, 5.74) is 5.99. The number of rotatable bonds is 5. The van der Waals surface area contributed by atoms with Crippen LogP contribution in [0.15, 0.2) is 48.5 Å². The van der Waals surface area contributed by atoms with E-state index in [9.17, 15) is 22.8 Å². The summed E-state index contributed by atoms with van der Waals surface area (Å²) in [6.07, 6.45) is -5.25. The van der Waals surface area contributed by atoms with Gasteiger partial charge in [0.15, 0.2) is 5.75 Å². The van der Waals surface area contributed by atoms with Crippen molar-refractivity contribution in [2.45, 2.75) is 6.18 Å². The van der Waals surface area contributed by atoms with Gasteiger partial charge in [0, 0.05) is 16.3 Å². The highest BCUT2D eigenvalue weighted by Crippen LogP contribution is 2.46. The molecule has 0 atom stereocenters. The molecule has 2 aromatic carbocycles. The Morgan fingerprint density at radius 1 is 1.07 bits per heavy atom. The third-order valence-electron chi connectivity index (χ3n) is 3.74. The second-order valence-corrected chi connectivity index (χ2v) is 7.70. The van der Waals surface area contributed by atoms with Crippen LogP contribution in [0.5, 0.6) is 5.75 Å². The molecular weight excluding hydrogens is 464 g/mol. The maximum absolute atomic E-state index is 12.9. The standard InChI is InChI=1S/C19H11Cl2F3N2O3S/c20-9-6-7-11(12(21)8-9)14(27)16-13(25)15(29-18(28)19(22,23)24)17(30-16)26-10-4-2-1-3-5-10/h1-8,26H,25H2. The molecule has 3 N–H and O–H groups in total. The number of carbonyl (C=O) groups is 2. The number of hydrogen-bond acceptors (Lipinski definition) is 6. The summed E-state index contributed by atoms with van der Waals surface area (Å²) in [7, 11) is 0. The molecule has 30 heavy (non-hydrogen) atoms. The van der Waals surface area contributed by atoms with E-state index in [1.165, 1.54) is 18.2 Å². The number of anilines is 3. The lowest BCUT2D eigenvalue weighted by Gasteiger charge is -2.10. The van der Waals surface area contributed by atoms with E-state index in [1.54, 1.807) is 30.3 Å². The van der Waals surface area contributed by atoms with E-state index in [0.717, 1.165) is 11.3 Å². The molecule has 0 spiro atoms. The summed E-state index contributed by atoms with van der Waals surface area (Å²) in [6.45, 7) is 0. The quantitative estimate of drug-likeness (QED) is 0.345. The highest BCUT2D eigenvalue weighted by atomic mass is 35.5. The Morgan fingerprint density at radius 2 is 1.73 bits per heavy atom. The van der Waals surface area contributed by atoms with Crippen LogP contribution in [0.25, 0.3) is 0 Å². The lowest BCUT2D eigenvalue weighted by molar-refractivity contribution is -0.189. The van der Waals surface area contributed by atoms with Crippen molar-refractivity contribution in [3.63, 3.8) is 0 Å². The first-order chi connectivity index (χ1) is 14.1. The number of carbonyl (C=O) groups excluding carboxylic acids is 2. The van der Waals surface area contributed by atoms with E-state index >= 15 is 0 Å². The number of para-hydroxylation sites is 1. The number of esters is 1. The molecule has 0 radical (unpaired) electrons. The van der Waals surface area contributed by atoms with Gasteiger partial charge in [0.05, 0.1) is 10.7 Å². The van der Waals surface area contributed by atoms with Gasteiger partial charge in [0.2, 0.25) is 5.78 Å². The first-order valence-corrected chi connectivity index (χ1v) is 9.68. The van der Waals surface area contributed by atoms with Crippen LogP contribution in [-0.4, -0.2) is 17.9 Å².